The Balaban J connectivity index is 1.40. The predicted octanol–water partition coefficient (Wildman–Crippen LogP) is 2.68. The van der Waals surface area contributed by atoms with E-state index in [-0.39, 0.29) is 12.0 Å². The molecule has 0 aliphatic carbocycles. The van der Waals surface area contributed by atoms with Gasteiger partial charge in [0.2, 0.25) is 17.5 Å². The molecule has 1 N–H and O–H groups in total. The van der Waals surface area contributed by atoms with Gasteiger partial charge >= 0.3 is 0 Å². The molecule has 3 aromatic rings. The highest BCUT2D eigenvalue weighted by Gasteiger charge is 2.31. The summed E-state index contributed by atoms with van der Waals surface area (Å²) in [5, 5.41) is 4.15. The molecule has 136 valence electrons. The quantitative estimate of drug-likeness (QED) is 0.735. The van der Waals surface area contributed by atoms with Crippen LogP contribution in [0.1, 0.15) is 25.1 Å². The van der Waals surface area contributed by atoms with Gasteiger partial charge in [-0.3, -0.25) is 9.69 Å². The second-order valence-electron chi connectivity index (χ2n) is 6.39. The van der Waals surface area contributed by atoms with Gasteiger partial charge in [0.1, 0.15) is 17.8 Å². The summed E-state index contributed by atoms with van der Waals surface area (Å²) >= 11 is 1.50. The van der Waals surface area contributed by atoms with Crippen LogP contribution >= 0.6 is 11.3 Å². The molecule has 1 amide bonds. The van der Waals surface area contributed by atoms with Gasteiger partial charge in [-0.1, -0.05) is 0 Å². The maximum atomic E-state index is 11.1. The number of likely N-dealkylation sites (tertiary alicyclic amines) is 1. The molecule has 0 bridgehead atoms. The molecule has 0 radical (unpaired) electrons. The lowest BCUT2D eigenvalue weighted by Gasteiger charge is -2.19. The molecule has 1 saturated heterocycles. The topological polar surface area (TPSA) is 93.4 Å². The van der Waals surface area contributed by atoms with E-state index in [0.29, 0.717) is 22.8 Å². The molecule has 4 heterocycles. The predicted molar refractivity (Wildman–Crippen MR) is 97.1 cm³/mol. The summed E-state index contributed by atoms with van der Waals surface area (Å²) in [6.07, 6.45) is 5.84. The average Bonchev–Trinajstić information content (AvgIpc) is 3.29. The number of anilines is 1. The van der Waals surface area contributed by atoms with E-state index in [1.165, 1.54) is 24.6 Å². The molecule has 0 unspecified atom stereocenters. The van der Waals surface area contributed by atoms with Crippen molar-refractivity contribution in [3.8, 4) is 5.88 Å². The van der Waals surface area contributed by atoms with E-state index in [1.54, 1.807) is 6.26 Å². The highest BCUT2D eigenvalue weighted by molar-refractivity contribution is 7.15. The maximum absolute atomic E-state index is 11.1. The smallest absolute Gasteiger partial charge is 0.232 e. The van der Waals surface area contributed by atoms with Crippen molar-refractivity contribution in [2.24, 2.45) is 0 Å². The third-order valence-electron chi connectivity index (χ3n) is 4.36. The Kier molecular flexibility index (Phi) is 4.56. The summed E-state index contributed by atoms with van der Waals surface area (Å²) in [5.74, 6) is 0.456. The van der Waals surface area contributed by atoms with Crippen LogP contribution in [0.2, 0.25) is 0 Å². The minimum Gasteiger partial charge on any atom is -0.472 e. The Morgan fingerprint density at radius 1 is 1.46 bits per heavy atom. The number of carbonyl (C=O) groups is 1. The zero-order chi connectivity index (χ0) is 18.1. The molecule has 8 nitrogen and oxygen atoms in total. The molecule has 1 aliphatic heterocycles. The molecule has 26 heavy (non-hydrogen) atoms. The molecule has 2 atom stereocenters. The van der Waals surface area contributed by atoms with Crippen LogP contribution in [0.5, 0.6) is 5.88 Å². The number of thiazole rings is 1. The van der Waals surface area contributed by atoms with Gasteiger partial charge in [0.15, 0.2) is 5.13 Å². The molecule has 3 aromatic heterocycles. The third-order valence-corrected chi connectivity index (χ3v) is 5.26. The zero-order valence-electron chi connectivity index (χ0n) is 14.5. The number of furan rings is 1. The van der Waals surface area contributed by atoms with Crippen LogP contribution in [0.4, 0.5) is 5.13 Å². The summed E-state index contributed by atoms with van der Waals surface area (Å²) in [7, 11) is 0. The van der Waals surface area contributed by atoms with Crippen molar-refractivity contribution in [1.29, 1.82) is 0 Å². The van der Waals surface area contributed by atoms with Crippen LogP contribution in [0, 0.1) is 0 Å². The van der Waals surface area contributed by atoms with Crippen LogP contribution in [0.3, 0.4) is 0 Å². The Morgan fingerprint density at radius 2 is 2.35 bits per heavy atom. The summed E-state index contributed by atoms with van der Waals surface area (Å²) in [6, 6.07) is 2.20. The molecule has 0 saturated carbocycles. The van der Waals surface area contributed by atoms with E-state index in [1.807, 2.05) is 12.3 Å². The summed E-state index contributed by atoms with van der Waals surface area (Å²) in [6.45, 7) is 5.25. The van der Waals surface area contributed by atoms with E-state index in [2.05, 4.69) is 32.1 Å². The summed E-state index contributed by atoms with van der Waals surface area (Å²) in [5.41, 5.74) is 0.535. The van der Waals surface area contributed by atoms with Crippen LogP contribution < -0.4 is 10.1 Å². The van der Waals surface area contributed by atoms with E-state index >= 15 is 0 Å². The number of amides is 1. The summed E-state index contributed by atoms with van der Waals surface area (Å²) in [4.78, 5) is 27.2. The fourth-order valence-corrected chi connectivity index (χ4v) is 4.04. The zero-order valence-corrected chi connectivity index (χ0v) is 15.3. The number of hydrogen-bond donors (Lipinski definition) is 1. The third kappa shape index (κ3) is 3.54. The SMILES string of the molecule is CC(=O)Nc1ncc(CN2C[C@H](Oc3ncnc4occc34)C[C@@H]2C)s1. The van der Waals surface area contributed by atoms with Crippen molar-refractivity contribution in [2.45, 2.75) is 39.0 Å². The highest BCUT2D eigenvalue weighted by atomic mass is 32.1. The average molecular weight is 373 g/mol. The van der Waals surface area contributed by atoms with Gasteiger partial charge in [0.25, 0.3) is 0 Å². The lowest BCUT2D eigenvalue weighted by atomic mass is 10.2. The first kappa shape index (κ1) is 16.9. The standard InChI is InChI=1S/C17H19N5O3S/c1-10-5-12(25-16-14-3-4-24-15(14)19-9-20-16)7-22(10)8-13-6-18-17(26-13)21-11(2)23/h3-4,6,9-10,12H,5,7-8H2,1-2H3,(H,18,21,23)/t10-,12+/m0/s1. The summed E-state index contributed by atoms with van der Waals surface area (Å²) < 4.78 is 11.4. The Bertz CT molecular complexity index is 924. The number of rotatable bonds is 5. The number of aromatic nitrogens is 3. The van der Waals surface area contributed by atoms with Crippen LogP contribution in [0.25, 0.3) is 11.1 Å². The van der Waals surface area contributed by atoms with Gasteiger partial charge < -0.3 is 14.5 Å². The first-order valence-electron chi connectivity index (χ1n) is 8.39. The van der Waals surface area contributed by atoms with Gasteiger partial charge in [-0.25, -0.2) is 15.0 Å². The maximum Gasteiger partial charge on any atom is 0.232 e. The molecule has 4 rings (SSSR count). The molecule has 0 spiro atoms. The normalized spacial score (nSPS) is 20.5. The van der Waals surface area contributed by atoms with Gasteiger partial charge in [-0.15, -0.1) is 11.3 Å². The first-order chi connectivity index (χ1) is 12.6. The fourth-order valence-electron chi connectivity index (χ4n) is 3.16. The minimum atomic E-state index is -0.107. The van der Waals surface area contributed by atoms with Gasteiger partial charge in [-0.05, 0) is 13.0 Å². The fraction of sp³-hybridized carbons (Fsp3) is 0.412. The molecular weight excluding hydrogens is 354 g/mol. The number of nitrogens with one attached hydrogen (secondary N) is 1. The van der Waals surface area contributed by atoms with E-state index in [4.69, 9.17) is 9.15 Å². The van der Waals surface area contributed by atoms with Crippen molar-refractivity contribution in [3.05, 3.63) is 29.7 Å². The largest absolute Gasteiger partial charge is 0.472 e. The Morgan fingerprint density at radius 3 is 3.19 bits per heavy atom. The van der Waals surface area contributed by atoms with Crippen molar-refractivity contribution in [3.63, 3.8) is 0 Å². The number of ether oxygens (including phenoxy) is 1. The van der Waals surface area contributed by atoms with Crippen molar-refractivity contribution in [1.82, 2.24) is 19.9 Å². The van der Waals surface area contributed by atoms with Crippen molar-refractivity contribution >= 4 is 33.5 Å². The monoisotopic (exact) mass is 373 g/mol. The number of hydrogen-bond acceptors (Lipinski definition) is 8. The number of nitrogens with zero attached hydrogens (tertiary/aromatic N) is 4. The Labute approximate surface area is 154 Å². The number of carbonyl (C=O) groups excluding carboxylic acids is 1. The number of fused-ring (bicyclic) bond motifs is 1. The van der Waals surface area contributed by atoms with E-state index < -0.39 is 0 Å². The van der Waals surface area contributed by atoms with E-state index in [0.717, 1.165) is 29.8 Å². The van der Waals surface area contributed by atoms with Crippen LogP contribution in [-0.4, -0.2) is 44.4 Å². The Hall–Kier alpha value is -2.52. The lowest BCUT2D eigenvalue weighted by molar-refractivity contribution is -0.114. The van der Waals surface area contributed by atoms with Crippen molar-refractivity contribution in [2.75, 3.05) is 11.9 Å². The molecule has 1 fully saturated rings. The molecule has 0 aromatic carbocycles. The van der Waals surface area contributed by atoms with Crippen molar-refractivity contribution < 1.29 is 13.9 Å². The van der Waals surface area contributed by atoms with E-state index in [9.17, 15) is 4.79 Å². The second-order valence-corrected chi connectivity index (χ2v) is 7.50. The highest BCUT2D eigenvalue weighted by Crippen LogP contribution is 2.29. The van der Waals surface area contributed by atoms with Gasteiger partial charge in [0, 0.05) is 43.5 Å². The lowest BCUT2D eigenvalue weighted by Crippen LogP contribution is -2.27. The molecule has 1 aliphatic rings. The van der Waals surface area contributed by atoms with Gasteiger partial charge in [-0.2, -0.15) is 0 Å². The van der Waals surface area contributed by atoms with Crippen LogP contribution in [-0.2, 0) is 11.3 Å². The second kappa shape index (κ2) is 7.00. The molecular formula is C17H19N5O3S. The first-order valence-corrected chi connectivity index (χ1v) is 9.21. The van der Waals surface area contributed by atoms with Gasteiger partial charge in [0.05, 0.1) is 6.26 Å². The minimum absolute atomic E-state index is 0.0562. The van der Waals surface area contributed by atoms with Crippen LogP contribution in [0.15, 0.2) is 29.3 Å². The molecule has 9 heteroatoms.